The topological polar surface area (TPSA) is 206 Å². The molecule has 4 aromatic rings. The van der Waals surface area contributed by atoms with Gasteiger partial charge in [-0.1, -0.05) is 47.5 Å². The number of phenols is 1. The van der Waals surface area contributed by atoms with E-state index in [4.69, 9.17) is 16.3 Å². The van der Waals surface area contributed by atoms with Crippen molar-refractivity contribution in [1.82, 2.24) is 5.01 Å². The SMILES string of the molecule is COc1cccc([C@H]2C3=CC[C@@H]4C(=O)N(c5cc([N+](=O)[O-])c(N(C)C)c([N+](=O)[O-])c5)C(=O)[C@@H]4[C@@H]3C[C@H]3C(=O)N(Nc4ccc(F)cc4)C(=O)[C@@]23c2ccc(Cl)cc2)c1O. The minimum Gasteiger partial charge on any atom is -0.504 e. The maximum absolute atomic E-state index is 15.3. The van der Waals surface area contributed by atoms with Crippen molar-refractivity contribution in [3.63, 3.8) is 0 Å². The number of imide groups is 2. The molecular formula is C41H34ClFN6O10. The molecule has 1 saturated carbocycles. The van der Waals surface area contributed by atoms with Crippen molar-refractivity contribution in [2.75, 3.05) is 36.4 Å². The number of methoxy groups -OCH3 is 1. The van der Waals surface area contributed by atoms with E-state index < -0.39 is 85.7 Å². The minimum absolute atomic E-state index is 0.0557. The van der Waals surface area contributed by atoms with Gasteiger partial charge in [0.25, 0.3) is 11.8 Å². The van der Waals surface area contributed by atoms with Crippen molar-refractivity contribution in [2.24, 2.45) is 23.7 Å². The summed E-state index contributed by atoms with van der Waals surface area (Å²) >= 11 is 6.34. The highest BCUT2D eigenvalue weighted by Crippen LogP contribution is 2.65. The third kappa shape index (κ3) is 5.78. The molecule has 18 heteroatoms. The number of halogens is 2. The molecule has 302 valence electrons. The number of nitro benzene ring substituents is 2. The number of hydrogen-bond acceptors (Lipinski definition) is 12. The molecule has 0 bridgehead atoms. The lowest BCUT2D eigenvalue weighted by Gasteiger charge is -2.50. The average molecular weight is 825 g/mol. The Morgan fingerprint density at radius 1 is 0.915 bits per heavy atom. The van der Waals surface area contributed by atoms with E-state index in [2.05, 4.69) is 5.43 Å². The third-order valence-corrected chi connectivity index (χ3v) is 12.2. The van der Waals surface area contributed by atoms with Gasteiger partial charge in [0.1, 0.15) is 5.82 Å². The first-order valence-electron chi connectivity index (χ1n) is 18.4. The summed E-state index contributed by atoms with van der Waals surface area (Å²) in [7, 11) is 4.12. The summed E-state index contributed by atoms with van der Waals surface area (Å²) in [6, 6.07) is 17.9. The van der Waals surface area contributed by atoms with Crippen LogP contribution in [0.5, 0.6) is 11.5 Å². The number of amides is 4. The highest BCUT2D eigenvalue weighted by atomic mass is 35.5. The minimum atomic E-state index is -1.80. The van der Waals surface area contributed by atoms with Crippen LogP contribution in [-0.2, 0) is 24.6 Å². The van der Waals surface area contributed by atoms with Crippen LogP contribution in [0.2, 0.25) is 5.02 Å². The van der Waals surface area contributed by atoms with Crippen molar-refractivity contribution in [3.8, 4) is 11.5 Å². The van der Waals surface area contributed by atoms with Gasteiger partial charge >= 0.3 is 11.4 Å². The molecule has 59 heavy (non-hydrogen) atoms. The second-order valence-electron chi connectivity index (χ2n) is 15.0. The monoisotopic (exact) mass is 824 g/mol. The quantitative estimate of drug-likeness (QED) is 0.0830. The van der Waals surface area contributed by atoms with Gasteiger partial charge in [-0.2, -0.15) is 5.01 Å². The fraction of sp³-hybridized carbons (Fsp3) is 0.268. The molecular weight excluding hydrogens is 791 g/mol. The van der Waals surface area contributed by atoms with Gasteiger partial charge in [0.2, 0.25) is 11.8 Å². The van der Waals surface area contributed by atoms with E-state index in [0.29, 0.717) is 16.2 Å². The normalized spacial score (nSPS) is 24.6. The molecule has 3 fully saturated rings. The van der Waals surface area contributed by atoms with Crippen LogP contribution in [-0.4, -0.2) is 64.8 Å². The number of nitro groups is 2. The standard InChI is InChI=1S/C41H34ClFN6O10/c1-45(2)35-30(48(55)56)17-24(18-31(35)49(57)58)46-37(51)26-16-15-25-28(33(26)39(46)53)19-29-38(52)47(44-23-13-11-22(43)12-14-23)40(54)41(29,20-7-9-21(42)10-8-20)34(25)27-5-4-6-32(59-3)36(27)50/h4-15,17-18,26,28-29,33-34,44,50H,16,19H2,1-3H3/t26-,28+,29-,33-,34+,41+/m0/s1. The zero-order valence-corrected chi connectivity index (χ0v) is 32.3. The number of hydrazine groups is 1. The van der Waals surface area contributed by atoms with Gasteiger partial charge in [0, 0.05) is 42.7 Å². The summed E-state index contributed by atoms with van der Waals surface area (Å²) in [6.07, 6.45) is 1.52. The fourth-order valence-electron chi connectivity index (χ4n) is 9.65. The fourth-order valence-corrected chi connectivity index (χ4v) is 9.77. The highest BCUT2D eigenvalue weighted by molar-refractivity contribution is 6.30. The highest BCUT2D eigenvalue weighted by Gasteiger charge is 2.71. The van der Waals surface area contributed by atoms with E-state index in [1.54, 1.807) is 42.5 Å². The second kappa shape index (κ2) is 14.2. The Labute approximate surface area is 339 Å². The summed E-state index contributed by atoms with van der Waals surface area (Å²) in [4.78, 5) is 84.1. The van der Waals surface area contributed by atoms with Gasteiger partial charge in [0.15, 0.2) is 17.2 Å². The third-order valence-electron chi connectivity index (χ3n) is 12.0. The van der Waals surface area contributed by atoms with E-state index in [1.807, 2.05) is 0 Å². The van der Waals surface area contributed by atoms with Crippen molar-refractivity contribution in [2.45, 2.75) is 24.2 Å². The Morgan fingerprint density at radius 2 is 1.56 bits per heavy atom. The number of fused-ring (bicyclic) bond motifs is 4. The van der Waals surface area contributed by atoms with Crippen molar-refractivity contribution in [3.05, 3.63) is 133 Å². The molecule has 16 nitrogen and oxygen atoms in total. The zero-order valence-electron chi connectivity index (χ0n) is 31.5. The number of nitrogens with zero attached hydrogens (tertiary/aromatic N) is 5. The number of allylic oxidation sites excluding steroid dienone is 2. The van der Waals surface area contributed by atoms with E-state index in [0.717, 1.165) is 34.2 Å². The first kappa shape index (κ1) is 39.0. The van der Waals surface area contributed by atoms with Gasteiger partial charge in [-0.25, -0.2) is 9.29 Å². The molecule has 4 aromatic carbocycles. The van der Waals surface area contributed by atoms with Crippen LogP contribution in [0.3, 0.4) is 0 Å². The summed E-state index contributed by atoms with van der Waals surface area (Å²) in [5.41, 5.74) is 0.169. The molecule has 4 amide bonds. The van der Waals surface area contributed by atoms with E-state index >= 15 is 4.79 Å². The van der Waals surface area contributed by atoms with Crippen LogP contribution >= 0.6 is 11.6 Å². The Hall–Kier alpha value is -6.88. The smallest absolute Gasteiger partial charge is 0.301 e. The maximum atomic E-state index is 15.3. The van der Waals surface area contributed by atoms with Crippen LogP contribution in [0.4, 0.5) is 32.8 Å². The van der Waals surface area contributed by atoms with Crippen LogP contribution < -0.4 is 20.0 Å². The number of ether oxygens (including phenoxy) is 1. The maximum Gasteiger partial charge on any atom is 0.301 e. The molecule has 2 saturated heterocycles. The summed E-state index contributed by atoms with van der Waals surface area (Å²) in [5, 5.41) is 37.5. The number of aromatic hydroxyl groups is 1. The number of hydrogen-bond donors (Lipinski definition) is 2. The van der Waals surface area contributed by atoms with Crippen LogP contribution in [0.25, 0.3) is 0 Å². The Balaban J connectivity index is 1.32. The summed E-state index contributed by atoms with van der Waals surface area (Å²) in [6.45, 7) is 0. The summed E-state index contributed by atoms with van der Waals surface area (Å²) < 4.78 is 19.4. The first-order valence-corrected chi connectivity index (χ1v) is 18.7. The first-order chi connectivity index (χ1) is 28.1. The molecule has 8 rings (SSSR count). The predicted molar refractivity (Wildman–Crippen MR) is 210 cm³/mol. The zero-order chi connectivity index (χ0) is 42.2. The molecule has 0 aromatic heterocycles. The van der Waals surface area contributed by atoms with Crippen molar-refractivity contribution >= 4 is 63.7 Å². The van der Waals surface area contributed by atoms with E-state index in [1.165, 1.54) is 44.3 Å². The average Bonchev–Trinajstić information content (AvgIpc) is 3.59. The van der Waals surface area contributed by atoms with E-state index in [9.17, 15) is 44.1 Å². The molecule has 0 radical (unpaired) electrons. The van der Waals surface area contributed by atoms with Gasteiger partial charge in [-0.05, 0) is 66.8 Å². The molecule has 6 atom stereocenters. The molecule has 4 aliphatic rings. The number of phenolic OH excluding ortho intramolecular Hbond substituents is 1. The predicted octanol–water partition coefficient (Wildman–Crippen LogP) is 6.27. The molecule has 2 aliphatic carbocycles. The van der Waals surface area contributed by atoms with Gasteiger partial charge in [-0.3, -0.25) is 44.8 Å². The molecule has 0 spiro atoms. The van der Waals surface area contributed by atoms with Gasteiger partial charge in [0.05, 0.1) is 51.5 Å². The van der Waals surface area contributed by atoms with Crippen molar-refractivity contribution < 1.29 is 43.3 Å². The van der Waals surface area contributed by atoms with E-state index in [-0.39, 0.29) is 47.0 Å². The van der Waals surface area contributed by atoms with Gasteiger partial charge < -0.3 is 14.7 Å². The molecule has 2 aliphatic heterocycles. The molecule has 0 unspecified atom stereocenters. The lowest BCUT2D eigenvalue weighted by atomic mass is 9.49. The molecule has 2 heterocycles. The number of nitrogens with one attached hydrogen (secondary N) is 1. The van der Waals surface area contributed by atoms with Gasteiger partial charge in [-0.15, -0.1) is 0 Å². The van der Waals surface area contributed by atoms with Crippen LogP contribution in [0.15, 0.2) is 90.5 Å². The lowest BCUT2D eigenvalue weighted by Crippen LogP contribution is -2.53. The Bertz CT molecular complexity index is 2500. The number of benzene rings is 4. The van der Waals surface area contributed by atoms with Crippen molar-refractivity contribution in [1.29, 1.82) is 0 Å². The lowest BCUT2D eigenvalue weighted by molar-refractivity contribution is -0.392. The number of carbonyl (C=O) groups excluding carboxylic acids is 4. The van der Waals surface area contributed by atoms with Crippen LogP contribution in [0, 0.1) is 49.7 Å². The number of anilines is 3. The van der Waals surface area contributed by atoms with Crippen LogP contribution in [0.1, 0.15) is 29.9 Å². The molecule has 2 N–H and O–H groups in total. The largest absolute Gasteiger partial charge is 0.504 e. The number of carbonyl (C=O) groups is 4. The summed E-state index contributed by atoms with van der Waals surface area (Å²) in [5.74, 6) is -9.39. The number of para-hydroxylation sites is 1. The second-order valence-corrected chi connectivity index (χ2v) is 15.5. The Morgan fingerprint density at radius 3 is 2.15 bits per heavy atom. The number of rotatable bonds is 9. The Kier molecular flexibility index (Phi) is 9.37.